The Kier molecular flexibility index (Phi) is 4.49. The van der Waals surface area contributed by atoms with Gasteiger partial charge in [-0.15, -0.1) is 0 Å². The van der Waals surface area contributed by atoms with Gasteiger partial charge in [-0.1, -0.05) is 42.5 Å². The van der Waals surface area contributed by atoms with Gasteiger partial charge in [0.2, 0.25) is 0 Å². The number of aldehydes is 1. The molecule has 0 saturated carbocycles. The summed E-state index contributed by atoms with van der Waals surface area (Å²) in [6, 6.07) is 16.6. The van der Waals surface area contributed by atoms with Gasteiger partial charge in [-0.25, -0.2) is 4.98 Å². The van der Waals surface area contributed by atoms with E-state index in [-0.39, 0.29) is 5.91 Å². The molecule has 0 saturated heterocycles. The minimum Gasteiger partial charge on any atom is -0.341 e. The number of carbonyl (C=O) groups excluding carboxylic acids is 2. The number of para-hydroxylation sites is 1. The van der Waals surface area contributed by atoms with Crippen molar-refractivity contribution < 1.29 is 9.59 Å². The maximum Gasteiger partial charge on any atom is 0.270 e. The van der Waals surface area contributed by atoms with Gasteiger partial charge in [-0.05, 0) is 24.1 Å². The van der Waals surface area contributed by atoms with Crippen LogP contribution in [0.5, 0.6) is 0 Å². The molecule has 1 atom stereocenters. The highest BCUT2D eigenvalue weighted by Crippen LogP contribution is 2.20. The number of rotatable bonds is 6. The zero-order valence-electron chi connectivity index (χ0n) is 14.4. The number of amides is 1. The molecule has 134 valence electrons. The van der Waals surface area contributed by atoms with Crippen molar-refractivity contribution in [3.63, 3.8) is 0 Å². The maximum absolute atomic E-state index is 12.7. The van der Waals surface area contributed by atoms with Crippen molar-refractivity contribution in [2.75, 3.05) is 0 Å². The van der Waals surface area contributed by atoms with Gasteiger partial charge in [-0.3, -0.25) is 14.5 Å². The van der Waals surface area contributed by atoms with Crippen LogP contribution in [0.4, 0.5) is 0 Å². The molecule has 0 bridgehead atoms. The fourth-order valence-electron chi connectivity index (χ4n) is 3.01. The van der Waals surface area contributed by atoms with E-state index in [0.29, 0.717) is 17.9 Å². The van der Waals surface area contributed by atoms with Crippen LogP contribution in [0.3, 0.4) is 0 Å². The molecule has 0 unspecified atom stereocenters. The summed E-state index contributed by atoms with van der Waals surface area (Å²) < 4.78 is 1.61. The quantitative estimate of drug-likeness (QED) is 0.517. The predicted molar refractivity (Wildman–Crippen MR) is 101 cm³/mol. The number of nitrogens with one attached hydrogen (secondary N) is 2. The van der Waals surface area contributed by atoms with E-state index in [0.717, 1.165) is 22.8 Å². The highest BCUT2D eigenvalue weighted by Gasteiger charge is 2.19. The number of hydrogen-bond donors (Lipinski definition) is 2. The Morgan fingerprint density at radius 3 is 2.74 bits per heavy atom. The third-order valence-corrected chi connectivity index (χ3v) is 4.33. The number of imidazole rings is 1. The van der Waals surface area contributed by atoms with Crippen molar-refractivity contribution in [2.45, 2.75) is 12.5 Å². The topological polar surface area (TPSA) is 92.7 Å². The van der Waals surface area contributed by atoms with Crippen LogP contribution in [0, 0.1) is 0 Å². The average molecular weight is 359 g/mol. The summed E-state index contributed by atoms with van der Waals surface area (Å²) in [4.78, 5) is 28.3. The van der Waals surface area contributed by atoms with Gasteiger partial charge in [0, 0.05) is 5.39 Å². The Morgan fingerprint density at radius 2 is 1.93 bits per heavy atom. The van der Waals surface area contributed by atoms with Crippen molar-refractivity contribution in [2.24, 2.45) is 0 Å². The number of benzene rings is 2. The Balaban J connectivity index is 1.58. The highest BCUT2D eigenvalue weighted by atomic mass is 16.2. The number of aromatic nitrogens is 4. The monoisotopic (exact) mass is 359 g/mol. The normalized spacial score (nSPS) is 12.0. The van der Waals surface area contributed by atoms with E-state index < -0.39 is 6.04 Å². The lowest BCUT2D eigenvalue weighted by Crippen LogP contribution is -2.38. The maximum atomic E-state index is 12.7. The first-order valence-corrected chi connectivity index (χ1v) is 8.52. The zero-order valence-corrected chi connectivity index (χ0v) is 14.4. The van der Waals surface area contributed by atoms with E-state index in [4.69, 9.17) is 0 Å². The van der Waals surface area contributed by atoms with E-state index in [9.17, 15) is 9.59 Å². The van der Waals surface area contributed by atoms with Gasteiger partial charge in [0.15, 0.2) is 5.82 Å². The van der Waals surface area contributed by atoms with Gasteiger partial charge in [0.25, 0.3) is 5.91 Å². The summed E-state index contributed by atoms with van der Waals surface area (Å²) in [5, 5.41) is 10.9. The molecule has 2 heterocycles. The molecule has 0 radical (unpaired) electrons. The van der Waals surface area contributed by atoms with Crippen LogP contribution in [0.25, 0.3) is 16.7 Å². The van der Waals surface area contributed by atoms with Crippen LogP contribution in [0.15, 0.2) is 67.1 Å². The molecular formula is C20H17N5O2. The predicted octanol–water partition coefficient (Wildman–Crippen LogP) is 2.29. The second kappa shape index (κ2) is 7.25. The first-order chi connectivity index (χ1) is 13.3. The number of fused-ring (bicyclic) bond motifs is 1. The van der Waals surface area contributed by atoms with E-state index in [1.807, 2.05) is 54.6 Å². The fraction of sp³-hybridized carbons (Fsp3) is 0.100. The molecule has 27 heavy (non-hydrogen) atoms. The van der Waals surface area contributed by atoms with Gasteiger partial charge in [0.1, 0.15) is 18.3 Å². The lowest BCUT2D eigenvalue weighted by Gasteiger charge is -2.13. The van der Waals surface area contributed by atoms with Crippen LogP contribution in [-0.4, -0.2) is 38.0 Å². The molecule has 0 aliphatic carbocycles. The first kappa shape index (κ1) is 16.7. The summed E-state index contributed by atoms with van der Waals surface area (Å²) in [5.74, 6) is 0.201. The second-order valence-electron chi connectivity index (χ2n) is 6.15. The molecule has 0 spiro atoms. The molecule has 0 aliphatic heterocycles. The van der Waals surface area contributed by atoms with E-state index in [1.54, 1.807) is 4.57 Å². The standard InChI is InChI=1S/C20H17N5O2/c26-12-15(10-14-6-2-1-3-7-14)22-20(27)18-11-21-13-25(18)19-16-8-4-5-9-17(16)23-24-19/h1-9,11-13,15H,10H2,(H,22,27)(H,23,24)/t15-/m0/s1. The molecule has 2 N–H and O–H groups in total. The third-order valence-electron chi connectivity index (χ3n) is 4.33. The average Bonchev–Trinajstić information content (AvgIpc) is 3.34. The highest BCUT2D eigenvalue weighted by molar-refractivity contribution is 5.95. The molecule has 0 aliphatic rings. The Labute approximate surface area is 155 Å². The lowest BCUT2D eigenvalue weighted by atomic mass is 10.1. The minimum absolute atomic E-state index is 0.312. The van der Waals surface area contributed by atoms with Crippen LogP contribution in [0.1, 0.15) is 16.1 Å². The molecular weight excluding hydrogens is 342 g/mol. The van der Waals surface area contributed by atoms with Gasteiger partial charge in [-0.2, -0.15) is 5.10 Å². The smallest absolute Gasteiger partial charge is 0.270 e. The molecule has 2 aromatic carbocycles. The summed E-state index contributed by atoms with van der Waals surface area (Å²) in [7, 11) is 0. The number of hydrogen-bond acceptors (Lipinski definition) is 4. The van der Waals surface area contributed by atoms with Gasteiger partial charge >= 0.3 is 0 Å². The number of carbonyl (C=O) groups is 2. The van der Waals surface area contributed by atoms with E-state index in [2.05, 4.69) is 20.5 Å². The number of H-pyrrole nitrogens is 1. The van der Waals surface area contributed by atoms with Crippen molar-refractivity contribution in [1.29, 1.82) is 0 Å². The van der Waals surface area contributed by atoms with Crippen LogP contribution in [0.2, 0.25) is 0 Å². The third kappa shape index (κ3) is 3.35. The molecule has 2 aromatic heterocycles. The van der Waals surface area contributed by atoms with Crippen molar-refractivity contribution in [3.8, 4) is 5.82 Å². The second-order valence-corrected chi connectivity index (χ2v) is 6.15. The SMILES string of the molecule is O=C[C@H](Cc1ccccc1)NC(=O)c1cncn1-c1n[nH]c2ccccc12. The fourth-order valence-corrected chi connectivity index (χ4v) is 3.01. The molecule has 4 rings (SSSR count). The van der Waals surface area contributed by atoms with Gasteiger partial charge in [0.05, 0.1) is 17.8 Å². The Morgan fingerprint density at radius 1 is 1.15 bits per heavy atom. The summed E-state index contributed by atoms with van der Waals surface area (Å²) >= 11 is 0. The van der Waals surface area contributed by atoms with E-state index in [1.165, 1.54) is 12.5 Å². The summed E-state index contributed by atoms with van der Waals surface area (Å²) in [6.07, 6.45) is 4.17. The van der Waals surface area contributed by atoms with Crippen molar-refractivity contribution >= 4 is 23.1 Å². The molecule has 7 heteroatoms. The van der Waals surface area contributed by atoms with Crippen LogP contribution < -0.4 is 5.32 Å². The van der Waals surface area contributed by atoms with Gasteiger partial charge < -0.3 is 10.1 Å². The molecule has 4 aromatic rings. The number of aromatic amines is 1. The number of nitrogens with zero attached hydrogens (tertiary/aromatic N) is 3. The van der Waals surface area contributed by atoms with E-state index >= 15 is 0 Å². The van der Waals surface area contributed by atoms with Crippen LogP contribution >= 0.6 is 0 Å². The van der Waals surface area contributed by atoms with Crippen molar-refractivity contribution in [3.05, 3.63) is 78.4 Å². The molecule has 0 fully saturated rings. The summed E-state index contributed by atoms with van der Waals surface area (Å²) in [6.45, 7) is 0. The first-order valence-electron chi connectivity index (χ1n) is 8.52. The largest absolute Gasteiger partial charge is 0.341 e. The molecule has 1 amide bonds. The zero-order chi connectivity index (χ0) is 18.6. The lowest BCUT2D eigenvalue weighted by molar-refractivity contribution is -0.109. The van der Waals surface area contributed by atoms with Crippen molar-refractivity contribution in [1.82, 2.24) is 25.1 Å². The minimum atomic E-state index is -0.626. The Bertz CT molecular complexity index is 1080. The molecule has 7 nitrogen and oxygen atoms in total. The summed E-state index contributed by atoms with van der Waals surface area (Å²) in [5.41, 5.74) is 2.15. The Hall–Kier alpha value is -3.74. The van der Waals surface area contributed by atoms with Crippen LogP contribution in [-0.2, 0) is 11.2 Å².